The first-order valence-electron chi connectivity index (χ1n) is 4.27. The van der Waals surface area contributed by atoms with Crippen LogP contribution in [0.3, 0.4) is 0 Å². The first-order valence-corrected chi connectivity index (χ1v) is 5.67. The van der Waals surface area contributed by atoms with Gasteiger partial charge in [-0.05, 0) is 6.26 Å². The lowest BCUT2D eigenvalue weighted by Gasteiger charge is -2.16. The molecule has 0 radical (unpaired) electrons. The molecule has 0 aliphatic heterocycles. The van der Waals surface area contributed by atoms with Crippen molar-refractivity contribution in [3.8, 4) is 0 Å². The van der Waals surface area contributed by atoms with Crippen LogP contribution in [0.5, 0.6) is 0 Å². The lowest BCUT2D eigenvalue weighted by Crippen LogP contribution is -2.39. The van der Waals surface area contributed by atoms with Crippen molar-refractivity contribution in [1.82, 2.24) is 10.2 Å². The van der Waals surface area contributed by atoms with Crippen LogP contribution < -0.4 is 5.32 Å². The monoisotopic (exact) mass is 220 g/mol. The Morgan fingerprint density at radius 3 is 2.64 bits per heavy atom. The van der Waals surface area contributed by atoms with Crippen LogP contribution in [0.4, 0.5) is 4.79 Å². The van der Waals surface area contributed by atoms with Gasteiger partial charge in [-0.15, -0.1) is 0 Å². The van der Waals surface area contributed by atoms with Gasteiger partial charge in [0.25, 0.3) is 0 Å². The number of carboxylic acid groups (broad SMARTS) is 1. The number of nitrogens with one attached hydrogen (secondary N) is 1. The van der Waals surface area contributed by atoms with E-state index in [1.54, 1.807) is 18.8 Å². The predicted molar refractivity (Wildman–Crippen MR) is 56.7 cm³/mol. The van der Waals surface area contributed by atoms with Gasteiger partial charge in [0.15, 0.2) is 0 Å². The number of aliphatic carboxylic acids is 1. The number of thioether (sulfide) groups is 1. The number of carbonyl (C=O) groups is 2. The third-order valence-corrected chi connectivity index (χ3v) is 2.20. The summed E-state index contributed by atoms with van der Waals surface area (Å²) in [4.78, 5) is 22.8. The van der Waals surface area contributed by atoms with Crippen LogP contribution in [-0.4, -0.2) is 54.2 Å². The summed E-state index contributed by atoms with van der Waals surface area (Å²) in [6, 6.07) is -0.222. The van der Waals surface area contributed by atoms with E-state index in [9.17, 15) is 9.59 Å². The molecule has 0 aromatic carbocycles. The summed E-state index contributed by atoms with van der Waals surface area (Å²) in [5.41, 5.74) is 0. The first-order chi connectivity index (χ1) is 6.57. The number of carboxylic acids is 1. The summed E-state index contributed by atoms with van der Waals surface area (Å²) in [6.07, 6.45) is 1.94. The van der Waals surface area contributed by atoms with Gasteiger partial charge in [-0.1, -0.05) is 0 Å². The fourth-order valence-corrected chi connectivity index (χ4v) is 1.07. The summed E-state index contributed by atoms with van der Waals surface area (Å²) in [5, 5.41) is 11.1. The minimum atomic E-state index is -0.895. The molecule has 2 N–H and O–H groups in total. The van der Waals surface area contributed by atoms with Gasteiger partial charge < -0.3 is 15.3 Å². The number of nitrogens with zero attached hydrogens (tertiary/aromatic N) is 1. The van der Waals surface area contributed by atoms with Crippen LogP contribution in [0.1, 0.15) is 6.42 Å². The van der Waals surface area contributed by atoms with Gasteiger partial charge in [0.2, 0.25) is 0 Å². The van der Waals surface area contributed by atoms with E-state index < -0.39 is 5.97 Å². The normalized spacial score (nSPS) is 9.57. The third kappa shape index (κ3) is 6.59. The Hall–Kier alpha value is -0.910. The van der Waals surface area contributed by atoms with Gasteiger partial charge in [0.05, 0.1) is 6.42 Å². The smallest absolute Gasteiger partial charge is 0.317 e. The first kappa shape index (κ1) is 13.1. The molecule has 0 bridgehead atoms. The summed E-state index contributed by atoms with van der Waals surface area (Å²) in [7, 11) is 1.58. The number of rotatable bonds is 6. The molecule has 0 saturated carbocycles. The maximum absolute atomic E-state index is 11.2. The van der Waals surface area contributed by atoms with E-state index in [0.29, 0.717) is 6.54 Å². The molecule has 0 rings (SSSR count). The zero-order chi connectivity index (χ0) is 11.0. The molecular weight excluding hydrogens is 204 g/mol. The van der Waals surface area contributed by atoms with Gasteiger partial charge in [0, 0.05) is 25.9 Å². The fourth-order valence-electron chi connectivity index (χ4n) is 0.760. The number of hydrogen-bond acceptors (Lipinski definition) is 3. The number of hydrogen-bond donors (Lipinski definition) is 2. The lowest BCUT2D eigenvalue weighted by atomic mass is 10.4. The molecule has 0 aromatic rings. The van der Waals surface area contributed by atoms with E-state index in [4.69, 9.17) is 5.11 Å². The Balaban J connectivity index is 3.59. The van der Waals surface area contributed by atoms with Crippen molar-refractivity contribution in [3.05, 3.63) is 0 Å². The van der Waals surface area contributed by atoms with Crippen molar-refractivity contribution in [2.75, 3.05) is 32.1 Å². The van der Waals surface area contributed by atoms with Crippen molar-refractivity contribution in [3.63, 3.8) is 0 Å². The Kier molecular flexibility index (Phi) is 7.00. The Labute approximate surface area is 87.8 Å². The second kappa shape index (κ2) is 7.49. The molecule has 82 valence electrons. The molecule has 0 aliphatic carbocycles. The second-order valence-electron chi connectivity index (χ2n) is 2.79. The average Bonchev–Trinajstić information content (AvgIpc) is 2.14. The van der Waals surface area contributed by atoms with Crippen LogP contribution >= 0.6 is 11.8 Å². The lowest BCUT2D eigenvalue weighted by molar-refractivity contribution is -0.137. The highest BCUT2D eigenvalue weighted by Crippen LogP contribution is 1.91. The van der Waals surface area contributed by atoms with Crippen molar-refractivity contribution < 1.29 is 14.7 Å². The minimum Gasteiger partial charge on any atom is -0.481 e. The molecule has 0 aliphatic rings. The van der Waals surface area contributed by atoms with Gasteiger partial charge in [-0.25, -0.2) is 4.79 Å². The molecule has 0 unspecified atom stereocenters. The standard InChI is InChI=1S/C8H16N2O3S/c1-10(5-3-7(11)12)8(13)9-4-6-14-2/h3-6H2,1-2H3,(H,9,13)(H,11,12). The largest absolute Gasteiger partial charge is 0.481 e. The topological polar surface area (TPSA) is 69.6 Å². The molecule has 0 atom stereocenters. The zero-order valence-electron chi connectivity index (χ0n) is 8.45. The molecule has 14 heavy (non-hydrogen) atoms. The van der Waals surface area contributed by atoms with E-state index >= 15 is 0 Å². The maximum atomic E-state index is 11.2. The highest BCUT2D eigenvalue weighted by molar-refractivity contribution is 7.98. The maximum Gasteiger partial charge on any atom is 0.317 e. The van der Waals surface area contributed by atoms with Gasteiger partial charge in [0.1, 0.15) is 0 Å². The zero-order valence-corrected chi connectivity index (χ0v) is 9.26. The minimum absolute atomic E-state index is 0.0214. The molecule has 2 amide bonds. The summed E-state index contributed by atoms with van der Waals surface area (Å²) in [5.74, 6) is -0.0350. The van der Waals surface area contributed by atoms with Crippen LogP contribution in [0.25, 0.3) is 0 Å². The summed E-state index contributed by atoms with van der Waals surface area (Å²) in [6.45, 7) is 0.845. The van der Waals surface area contributed by atoms with Crippen LogP contribution in [0.2, 0.25) is 0 Å². The number of amides is 2. The van der Waals surface area contributed by atoms with E-state index in [2.05, 4.69) is 5.32 Å². The molecule has 6 heteroatoms. The van der Waals surface area contributed by atoms with Crippen LogP contribution in [-0.2, 0) is 4.79 Å². The Morgan fingerprint density at radius 1 is 1.50 bits per heavy atom. The highest BCUT2D eigenvalue weighted by atomic mass is 32.2. The molecule has 0 aromatic heterocycles. The van der Waals surface area contributed by atoms with Gasteiger partial charge in [-0.2, -0.15) is 11.8 Å². The van der Waals surface area contributed by atoms with Gasteiger partial charge >= 0.3 is 12.0 Å². The van der Waals surface area contributed by atoms with Crippen LogP contribution in [0.15, 0.2) is 0 Å². The van der Waals surface area contributed by atoms with E-state index in [0.717, 1.165) is 5.75 Å². The number of urea groups is 1. The fraction of sp³-hybridized carbons (Fsp3) is 0.750. The predicted octanol–water partition coefficient (Wildman–Crippen LogP) is 0.465. The van der Waals surface area contributed by atoms with Crippen LogP contribution in [0, 0.1) is 0 Å². The molecule has 0 heterocycles. The number of carbonyl (C=O) groups excluding carboxylic acids is 1. The second-order valence-corrected chi connectivity index (χ2v) is 3.78. The molecule has 0 spiro atoms. The molecule has 0 fully saturated rings. The Bertz CT molecular complexity index is 199. The SMILES string of the molecule is CSCCNC(=O)N(C)CCC(=O)O. The Morgan fingerprint density at radius 2 is 2.14 bits per heavy atom. The third-order valence-electron chi connectivity index (χ3n) is 1.59. The molecule has 5 nitrogen and oxygen atoms in total. The summed E-state index contributed by atoms with van der Waals surface area (Å²) >= 11 is 1.65. The highest BCUT2D eigenvalue weighted by Gasteiger charge is 2.08. The van der Waals surface area contributed by atoms with E-state index in [1.165, 1.54) is 4.90 Å². The van der Waals surface area contributed by atoms with Crippen molar-refractivity contribution in [2.24, 2.45) is 0 Å². The average molecular weight is 220 g/mol. The van der Waals surface area contributed by atoms with E-state index in [1.807, 2.05) is 6.26 Å². The molecule has 0 saturated heterocycles. The summed E-state index contributed by atoms with van der Waals surface area (Å²) < 4.78 is 0. The molecular formula is C8H16N2O3S. The van der Waals surface area contributed by atoms with Crippen molar-refractivity contribution >= 4 is 23.8 Å². The van der Waals surface area contributed by atoms with Crippen molar-refractivity contribution in [2.45, 2.75) is 6.42 Å². The van der Waals surface area contributed by atoms with Gasteiger partial charge in [-0.3, -0.25) is 4.79 Å². The van der Waals surface area contributed by atoms with Crippen molar-refractivity contribution in [1.29, 1.82) is 0 Å². The van der Waals surface area contributed by atoms with E-state index in [-0.39, 0.29) is 19.0 Å². The quantitative estimate of drug-likeness (QED) is 0.638.